The van der Waals surface area contributed by atoms with Crippen molar-refractivity contribution < 1.29 is 14.3 Å². The number of aromatic carboxylic acids is 1. The lowest BCUT2D eigenvalue weighted by molar-refractivity contribution is 0.0695. The van der Waals surface area contributed by atoms with E-state index in [1.165, 1.54) is 6.42 Å². The van der Waals surface area contributed by atoms with Crippen LogP contribution in [0.3, 0.4) is 0 Å². The molecule has 0 atom stereocenters. The molecule has 96 valence electrons. The molecule has 0 aliphatic heterocycles. The first-order chi connectivity index (χ1) is 8.00. The highest BCUT2D eigenvalue weighted by atomic mass is 16.4. The van der Waals surface area contributed by atoms with E-state index in [2.05, 4.69) is 19.2 Å². The van der Waals surface area contributed by atoms with Crippen LogP contribution in [0, 0.1) is 12.8 Å². The second-order valence-corrected chi connectivity index (χ2v) is 4.70. The summed E-state index contributed by atoms with van der Waals surface area (Å²) in [4.78, 5) is 10.8. The Bertz CT molecular complexity index is 369. The number of rotatable bonds is 7. The number of carboxylic acids is 1. The fraction of sp³-hybridized carbons (Fsp3) is 0.615. The van der Waals surface area contributed by atoms with Crippen molar-refractivity contribution in [1.82, 2.24) is 5.32 Å². The molecule has 17 heavy (non-hydrogen) atoms. The quantitative estimate of drug-likeness (QED) is 0.718. The minimum Gasteiger partial charge on any atom is -0.478 e. The van der Waals surface area contributed by atoms with Gasteiger partial charge in [0.15, 0.2) is 0 Å². The van der Waals surface area contributed by atoms with Crippen molar-refractivity contribution in [1.29, 1.82) is 0 Å². The van der Waals surface area contributed by atoms with Crippen molar-refractivity contribution in [3.63, 3.8) is 0 Å². The van der Waals surface area contributed by atoms with Crippen LogP contribution in [0.2, 0.25) is 0 Å². The molecule has 1 aromatic rings. The van der Waals surface area contributed by atoms with E-state index in [0.29, 0.717) is 18.1 Å². The maximum absolute atomic E-state index is 10.8. The summed E-state index contributed by atoms with van der Waals surface area (Å²) < 4.78 is 5.36. The Morgan fingerprint density at radius 2 is 2.24 bits per heavy atom. The smallest absolute Gasteiger partial charge is 0.339 e. The summed E-state index contributed by atoms with van der Waals surface area (Å²) in [5.41, 5.74) is 0.254. The highest BCUT2D eigenvalue weighted by Crippen LogP contribution is 2.14. The van der Waals surface area contributed by atoms with E-state index < -0.39 is 5.97 Å². The van der Waals surface area contributed by atoms with Crippen LogP contribution in [0.5, 0.6) is 0 Å². The van der Waals surface area contributed by atoms with Gasteiger partial charge in [0.2, 0.25) is 0 Å². The van der Waals surface area contributed by atoms with Crippen molar-refractivity contribution in [2.24, 2.45) is 5.92 Å². The number of hydrogen-bond donors (Lipinski definition) is 2. The average molecular weight is 239 g/mol. The lowest BCUT2D eigenvalue weighted by atomic mass is 10.1. The maximum Gasteiger partial charge on any atom is 0.339 e. The Balaban J connectivity index is 2.32. The van der Waals surface area contributed by atoms with E-state index in [4.69, 9.17) is 9.52 Å². The third kappa shape index (κ3) is 4.61. The minimum atomic E-state index is -0.933. The molecule has 0 aliphatic carbocycles. The third-order valence-corrected chi connectivity index (χ3v) is 2.63. The largest absolute Gasteiger partial charge is 0.478 e. The third-order valence-electron chi connectivity index (χ3n) is 2.63. The van der Waals surface area contributed by atoms with E-state index >= 15 is 0 Å². The molecule has 4 nitrogen and oxygen atoms in total. The van der Waals surface area contributed by atoms with Gasteiger partial charge in [-0.2, -0.15) is 0 Å². The second kappa shape index (κ2) is 6.45. The summed E-state index contributed by atoms with van der Waals surface area (Å²) in [7, 11) is 0. The summed E-state index contributed by atoms with van der Waals surface area (Å²) in [6, 6.07) is 1.59. The van der Waals surface area contributed by atoms with E-state index in [1.54, 1.807) is 13.0 Å². The molecule has 1 rings (SSSR count). The Morgan fingerprint density at radius 1 is 1.53 bits per heavy atom. The molecule has 0 saturated carbocycles. The summed E-state index contributed by atoms with van der Waals surface area (Å²) in [6.07, 6.45) is 2.33. The SMILES string of the molecule is Cc1oc(CNCCCC(C)C)cc1C(=O)O. The molecular weight excluding hydrogens is 218 g/mol. The van der Waals surface area contributed by atoms with E-state index in [1.807, 2.05) is 0 Å². The van der Waals surface area contributed by atoms with Crippen LogP contribution in [-0.4, -0.2) is 17.6 Å². The van der Waals surface area contributed by atoms with E-state index in [0.717, 1.165) is 18.9 Å². The summed E-state index contributed by atoms with van der Waals surface area (Å²) in [6.45, 7) is 7.60. The van der Waals surface area contributed by atoms with Gasteiger partial charge in [-0.15, -0.1) is 0 Å². The number of hydrogen-bond acceptors (Lipinski definition) is 3. The predicted molar refractivity (Wildman–Crippen MR) is 66.2 cm³/mol. The van der Waals surface area contributed by atoms with Crippen molar-refractivity contribution in [3.8, 4) is 0 Å². The second-order valence-electron chi connectivity index (χ2n) is 4.70. The Morgan fingerprint density at radius 3 is 2.76 bits per heavy atom. The molecule has 0 radical (unpaired) electrons. The summed E-state index contributed by atoms with van der Waals surface area (Å²) in [5, 5.41) is 12.1. The minimum absolute atomic E-state index is 0.254. The van der Waals surface area contributed by atoms with Gasteiger partial charge < -0.3 is 14.8 Å². The van der Waals surface area contributed by atoms with Crippen LogP contribution in [-0.2, 0) is 6.54 Å². The van der Waals surface area contributed by atoms with Crippen molar-refractivity contribution in [3.05, 3.63) is 23.2 Å². The molecule has 0 aliphatic rings. The highest BCUT2D eigenvalue weighted by Gasteiger charge is 2.12. The van der Waals surface area contributed by atoms with Crippen LogP contribution in [0.15, 0.2) is 10.5 Å². The van der Waals surface area contributed by atoms with Crippen LogP contribution >= 0.6 is 0 Å². The fourth-order valence-electron chi connectivity index (χ4n) is 1.69. The molecule has 0 fully saturated rings. The highest BCUT2D eigenvalue weighted by molar-refractivity contribution is 5.88. The molecule has 1 heterocycles. The molecule has 0 bridgehead atoms. The van der Waals surface area contributed by atoms with Gasteiger partial charge in [-0.3, -0.25) is 0 Å². The first kappa shape index (κ1) is 13.8. The molecule has 0 spiro atoms. The lowest BCUT2D eigenvalue weighted by Crippen LogP contribution is -2.14. The molecule has 0 amide bonds. The van der Waals surface area contributed by atoms with E-state index in [9.17, 15) is 4.79 Å². The molecule has 0 aromatic carbocycles. The molecule has 0 saturated heterocycles. The monoisotopic (exact) mass is 239 g/mol. The summed E-state index contributed by atoms with van der Waals surface area (Å²) >= 11 is 0. The number of carboxylic acid groups (broad SMARTS) is 1. The standard InChI is InChI=1S/C13H21NO3/c1-9(2)5-4-6-14-8-11-7-12(13(15)16)10(3)17-11/h7,9,14H,4-6,8H2,1-3H3,(H,15,16). The zero-order valence-corrected chi connectivity index (χ0v) is 10.7. The van der Waals surface area contributed by atoms with Crippen LogP contribution in [0.4, 0.5) is 0 Å². The molecular formula is C13H21NO3. The first-order valence-corrected chi connectivity index (χ1v) is 6.04. The van der Waals surface area contributed by atoms with Crippen LogP contribution in [0.25, 0.3) is 0 Å². The van der Waals surface area contributed by atoms with Crippen molar-refractivity contribution >= 4 is 5.97 Å². The average Bonchev–Trinajstić information content (AvgIpc) is 2.59. The van der Waals surface area contributed by atoms with Crippen LogP contribution < -0.4 is 5.32 Å². The summed E-state index contributed by atoms with van der Waals surface area (Å²) in [5.74, 6) is 0.944. The zero-order valence-electron chi connectivity index (χ0n) is 10.7. The van der Waals surface area contributed by atoms with Gasteiger partial charge in [0, 0.05) is 0 Å². The fourth-order valence-corrected chi connectivity index (χ4v) is 1.69. The molecule has 0 unspecified atom stereocenters. The van der Waals surface area contributed by atoms with Gasteiger partial charge in [-0.25, -0.2) is 4.79 Å². The maximum atomic E-state index is 10.8. The van der Waals surface area contributed by atoms with Gasteiger partial charge in [0.25, 0.3) is 0 Å². The lowest BCUT2D eigenvalue weighted by Gasteiger charge is -2.04. The normalized spacial score (nSPS) is 11.1. The van der Waals surface area contributed by atoms with Crippen LogP contribution in [0.1, 0.15) is 48.6 Å². The van der Waals surface area contributed by atoms with Gasteiger partial charge >= 0.3 is 5.97 Å². The number of carbonyl (C=O) groups is 1. The predicted octanol–water partition coefficient (Wildman–Crippen LogP) is 2.81. The van der Waals surface area contributed by atoms with E-state index in [-0.39, 0.29) is 5.56 Å². The molecule has 2 N–H and O–H groups in total. The Kier molecular flexibility index (Phi) is 5.22. The van der Waals surface area contributed by atoms with Gasteiger partial charge in [0.05, 0.1) is 6.54 Å². The number of nitrogens with one attached hydrogen (secondary N) is 1. The number of aryl methyl sites for hydroxylation is 1. The van der Waals surface area contributed by atoms with Gasteiger partial charge in [-0.05, 0) is 38.3 Å². The van der Waals surface area contributed by atoms with Gasteiger partial charge in [0.1, 0.15) is 17.1 Å². The molecule has 4 heteroatoms. The Hall–Kier alpha value is -1.29. The topological polar surface area (TPSA) is 62.5 Å². The first-order valence-electron chi connectivity index (χ1n) is 6.04. The van der Waals surface area contributed by atoms with Gasteiger partial charge in [-0.1, -0.05) is 13.8 Å². The number of furan rings is 1. The Labute approximate surface area is 102 Å². The van der Waals surface area contributed by atoms with Crippen molar-refractivity contribution in [2.75, 3.05) is 6.54 Å². The van der Waals surface area contributed by atoms with Crippen molar-refractivity contribution in [2.45, 2.75) is 40.2 Å². The molecule has 1 aromatic heterocycles. The zero-order chi connectivity index (χ0) is 12.8.